The maximum atomic E-state index is 13.0. The minimum absolute atomic E-state index is 0.0574. The Morgan fingerprint density at radius 2 is 1.77 bits per heavy atom. The van der Waals surface area contributed by atoms with E-state index in [0.29, 0.717) is 10.6 Å². The molecule has 0 saturated heterocycles. The van der Waals surface area contributed by atoms with Crippen LogP contribution in [0.5, 0.6) is 0 Å². The van der Waals surface area contributed by atoms with Crippen LogP contribution in [0, 0.1) is 5.92 Å². The highest BCUT2D eigenvalue weighted by atomic mass is 35.5. The number of aromatic nitrogens is 1. The lowest BCUT2D eigenvalue weighted by Gasteiger charge is -2.15. The maximum absolute atomic E-state index is 13.0. The first-order valence-electron chi connectivity index (χ1n) is 11.0. The number of imide groups is 1. The first-order chi connectivity index (χ1) is 16.7. The van der Waals surface area contributed by atoms with E-state index in [4.69, 9.17) is 20.9 Å². The number of rotatable bonds is 7. The number of nitrogens with zero attached hydrogens (tertiary/aromatic N) is 2. The average molecular weight is 496 g/mol. The number of ether oxygens (including phenoxy) is 1. The molecular weight excluding hydrogens is 474 g/mol. The minimum atomic E-state index is -0.729. The summed E-state index contributed by atoms with van der Waals surface area (Å²) in [5.74, 6) is -2.33. The van der Waals surface area contributed by atoms with Crippen LogP contribution in [0.1, 0.15) is 62.2 Å². The normalized spacial score (nSPS) is 12.8. The van der Waals surface area contributed by atoms with Crippen LogP contribution in [-0.4, -0.2) is 46.9 Å². The van der Waals surface area contributed by atoms with Gasteiger partial charge in [0.15, 0.2) is 5.56 Å². The molecule has 4 rings (SSSR count). The molecule has 0 saturated carbocycles. The zero-order chi connectivity index (χ0) is 25.3. The molecule has 0 unspecified atom stereocenters. The van der Waals surface area contributed by atoms with Crippen LogP contribution >= 0.6 is 11.6 Å². The third kappa shape index (κ3) is 4.67. The number of amides is 3. The monoisotopic (exact) mass is 495 g/mol. The zero-order valence-electron chi connectivity index (χ0n) is 19.3. The van der Waals surface area contributed by atoms with Crippen molar-refractivity contribution in [2.24, 2.45) is 5.92 Å². The topological polar surface area (TPSA) is 119 Å². The summed E-state index contributed by atoms with van der Waals surface area (Å²) in [5, 5.41) is 6.97. The van der Waals surface area contributed by atoms with E-state index in [9.17, 15) is 19.2 Å². The number of carbonyl (C=O) groups excluding carboxylic acids is 4. The number of hydrogen-bond acceptors (Lipinski definition) is 7. The third-order valence-electron chi connectivity index (χ3n) is 5.30. The maximum Gasteiger partial charge on any atom is 0.346 e. The van der Waals surface area contributed by atoms with Gasteiger partial charge in [-0.05, 0) is 43.2 Å². The van der Waals surface area contributed by atoms with E-state index < -0.39 is 23.7 Å². The third-order valence-corrected chi connectivity index (χ3v) is 5.55. The van der Waals surface area contributed by atoms with Crippen molar-refractivity contribution in [1.29, 1.82) is 0 Å². The quantitative estimate of drug-likeness (QED) is 0.373. The van der Waals surface area contributed by atoms with E-state index in [2.05, 4.69) is 10.5 Å². The van der Waals surface area contributed by atoms with Gasteiger partial charge in [-0.1, -0.05) is 42.7 Å². The smallest absolute Gasteiger partial charge is 0.346 e. The van der Waals surface area contributed by atoms with Gasteiger partial charge in [-0.25, -0.2) is 4.79 Å². The zero-order valence-corrected chi connectivity index (χ0v) is 20.0. The fourth-order valence-corrected chi connectivity index (χ4v) is 3.84. The first-order valence-corrected chi connectivity index (χ1v) is 11.3. The van der Waals surface area contributed by atoms with Crippen LogP contribution in [-0.2, 0) is 4.74 Å². The number of anilines is 1. The number of nitrogens with one attached hydrogen (secondary N) is 1. The number of esters is 1. The molecular formula is C25H22ClN3O6. The molecule has 1 N–H and O–H groups in total. The van der Waals surface area contributed by atoms with Gasteiger partial charge in [0.2, 0.25) is 5.88 Å². The molecule has 0 aliphatic carbocycles. The van der Waals surface area contributed by atoms with Gasteiger partial charge in [0.05, 0.1) is 17.7 Å². The summed E-state index contributed by atoms with van der Waals surface area (Å²) in [4.78, 5) is 52.2. The molecule has 1 aliphatic rings. The Labute approximate surface area is 206 Å². The SMILES string of the molecule is CCOC(=O)c1c(-c2ccc(Cl)cc2)noc1NC(=O)c1ccc2c(c1)C(=O)N(CC(C)C)C2=O. The summed E-state index contributed by atoms with van der Waals surface area (Å²) in [5.41, 5.74) is 1.15. The van der Waals surface area contributed by atoms with Crippen molar-refractivity contribution in [3.63, 3.8) is 0 Å². The Balaban J connectivity index is 1.64. The molecule has 0 fully saturated rings. The van der Waals surface area contributed by atoms with E-state index in [1.165, 1.54) is 23.1 Å². The van der Waals surface area contributed by atoms with Crippen molar-refractivity contribution >= 4 is 41.2 Å². The highest BCUT2D eigenvalue weighted by Crippen LogP contribution is 2.31. The van der Waals surface area contributed by atoms with Gasteiger partial charge >= 0.3 is 5.97 Å². The summed E-state index contributed by atoms with van der Waals surface area (Å²) in [6, 6.07) is 10.8. The van der Waals surface area contributed by atoms with Crippen LogP contribution in [0.15, 0.2) is 47.0 Å². The molecule has 35 heavy (non-hydrogen) atoms. The molecule has 180 valence electrons. The molecule has 1 aromatic heterocycles. The Hall–Kier alpha value is -3.98. The summed E-state index contributed by atoms with van der Waals surface area (Å²) in [7, 11) is 0. The largest absolute Gasteiger partial charge is 0.462 e. The molecule has 2 aromatic carbocycles. The summed E-state index contributed by atoms with van der Waals surface area (Å²) in [6.07, 6.45) is 0. The molecule has 3 aromatic rings. The van der Waals surface area contributed by atoms with Gasteiger partial charge in [-0.3, -0.25) is 24.6 Å². The Morgan fingerprint density at radius 3 is 2.43 bits per heavy atom. The number of hydrogen-bond donors (Lipinski definition) is 1. The number of fused-ring (bicyclic) bond motifs is 1. The second kappa shape index (κ2) is 9.71. The van der Waals surface area contributed by atoms with Crippen molar-refractivity contribution in [1.82, 2.24) is 10.1 Å². The fraction of sp³-hybridized carbons (Fsp3) is 0.240. The lowest BCUT2D eigenvalue weighted by atomic mass is 10.0. The number of halogens is 1. The molecule has 0 bridgehead atoms. The van der Waals surface area contributed by atoms with Crippen LogP contribution in [0.3, 0.4) is 0 Å². The molecule has 2 heterocycles. The molecule has 9 nitrogen and oxygen atoms in total. The number of benzene rings is 2. The van der Waals surface area contributed by atoms with Crippen molar-refractivity contribution < 1.29 is 28.4 Å². The Bertz CT molecular complexity index is 1330. The Kier molecular flexibility index (Phi) is 6.70. The Morgan fingerprint density at radius 1 is 1.09 bits per heavy atom. The molecule has 10 heteroatoms. The lowest BCUT2D eigenvalue weighted by Crippen LogP contribution is -2.33. The molecule has 0 spiro atoms. The molecule has 0 radical (unpaired) electrons. The van der Waals surface area contributed by atoms with Crippen LogP contribution in [0.4, 0.5) is 5.88 Å². The van der Waals surface area contributed by atoms with Crippen LogP contribution in [0.2, 0.25) is 5.02 Å². The summed E-state index contributed by atoms with van der Waals surface area (Å²) in [6.45, 7) is 5.84. The van der Waals surface area contributed by atoms with E-state index >= 15 is 0 Å². The van der Waals surface area contributed by atoms with Gasteiger partial charge < -0.3 is 9.26 Å². The van der Waals surface area contributed by atoms with Gasteiger partial charge in [0.1, 0.15) is 5.69 Å². The summed E-state index contributed by atoms with van der Waals surface area (Å²) >= 11 is 5.95. The molecule has 0 atom stereocenters. The van der Waals surface area contributed by atoms with Crippen molar-refractivity contribution in [2.75, 3.05) is 18.5 Å². The second-order valence-electron chi connectivity index (χ2n) is 8.29. The molecule has 1 aliphatic heterocycles. The fourth-order valence-electron chi connectivity index (χ4n) is 3.71. The average Bonchev–Trinajstić information content (AvgIpc) is 3.34. The van der Waals surface area contributed by atoms with E-state index in [1.807, 2.05) is 13.8 Å². The van der Waals surface area contributed by atoms with E-state index in [1.54, 1.807) is 31.2 Å². The highest BCUT2D eigenvalue weighted by Gasteiger charge is 2.36. The lowest BCUT2D eigenvalue weighted by molar-refractivity contribution is 0.0526. The predicted molar refractivity (Wildman–Crippen MR) is 128 cm³/mol. The van der Waals surface area contributed by atoms with Gasteiger partial charge in [0.25, 0.3) is 17.7 Å². The molecule has 3 amide bonds. The van der Waals surface area contributed by atoms with Gasteiger partial charge in [0, 0.05) is 22.7 Å². The first kappa shape index (κ1) is 24.2. The number of carbonyl (C=O) groups is 4. The van der Waals surface area contributed by atoms with E-state index in [0.717, 1.165) is 0 Å². The van der Waals surface area contributed by atoms with Gasteiger partial charge in [-0.2, -0.15) is 0 Å². The van der Waals surface area contributed by atoms with Crippen LogP contribution < -0.4 is 5.32 Å². The highest BCUT2D eigenvalue weighted by molar-refractivity contribution is 6.30. The standard InChI is InChI=1S/C25H22ClN3O6/c1-4-34-25(33)19-20(14-5-8-16(26)9-6-14)28-35-22(19)27-21(30)15-7-10-17-18(11-15)24(32)29(23(17)31)12-13(2)3/h5-11,13H,4,12H2,1-3H3,(H,27,30). The van der Waals surface area contributed by atoms with E-state index in [-0.39, 0.29) is 52.9 Å². The van der Waals surface area contributed by atoms with Crippen LogP contribution in [0.25, 0.3) is 11.3 Å². The second-order valence-corrected chi connectivity index (χ2v) is 8.73. The predicted octanol–water partition coefficient (Wildman–Crippen LogP) is 4.68. The minimum Gasteiger partial charge on any atom is -0.462 e. The van der Waals surface area contributed by atoms with Gasteiger partial charge in [-0.15, -0.1) is 0 Å². The van der Waals surface area contributed by atoms with Crippen molar-refractivity contribution in [2.45, 2.75) is 20.8 Å². The van der Waals surface area contributed by atoms with Crippen molar-refractivity contribution in [3.05, 3.63) is 69.7 Å². The van der Waals surface area contributed by atoms with Crippen molar-refractivity contribution in [3.8, 4) is 11.3 Å². The summed E-state index contributed by atoms with van der Waals surface area (Å²) < 4.78 is 10.4.